The molecule has 0 saturated heterocycles. The standard InChI is InChI=1S/C10H21NO2/c1-3-5-6-11(7-8-12)9-10(13)4-2/h12H,3-9H2,1-2H3. The summed E-state index contributed by atoms with van der Waals surface area (Å²) in [4.78, 5) is 13.2. The zero-order valence-electron chi connectivity index (χ0n) is 8.75. The molecule has 0 atom stereocenters. The molecule has 3 nitrogen and oxygen atoms in total. The van der Waals surface area contributed by atoms with Crippen LogP contribution in [0.3, 0.4) is 0 Å². The number of hydrogen-bond acceptors (Lipinski definition) is 3. The molecule has 0 aromatic carbocycles. The van der Waals surface area contributed by atoms with Crippen molar-refractivity contribution in [3.63, 3.8) is 0 Å². The van der Waals surface area contributed by atoms with E-state index >= 15 is 0 Å². The largest absolute Gasteiger partial charge is 0.395 e. The van der Waals surface area contributed by atoms with Crippen LogP contribution in [0.5, 0.6) is 0 Å². The summed E-state index contributed by atoms with van der Waals surface area (Å²) in [7, 11) is 0. The Balaban J connectivity index is 3.71. The normalized spacial score (nSPS) is 10.8. The first kappa shape index (κ1) is 12.6. The Morgan fingerprint density at radius 1 is 1.31 bits per heavy atom. The van der Waals surface area contributed by atoms with Crippen LogP contribution in [0.1, 0.15) is 33.1 Å². The average molecular weight is 187 g/mol. The lowest BCUT2D eigenvalue weighted by atomic mass is 10.2. The fourth-order valence-corrected chi connectivity index (χ4v) is 1.15. The third-order valence-corrected chi connectivity index (χ3v) is 2.04. The Morgan fingerprint density at radius 2 is 2.00 bits per heavy atom. The van der Waals surface area contributed by atoms with E-state index in [0.29, 0.717) is 19.5 Å². The number of aliphatic hydroxyl groups is 1. The van der Waals surface area contributed by atoms with Crippen LogP contribution in [0.25, 0.3) is 0 Å². The van der Waals surface area contributed by atoms with Crippen molar-refractivity contribution in [3.05, 3.63) is 0 Å². The Bertz CT molecular complexity index is 137. The number of carbonyl (C=O) groups excluding carboxylic acids is 1. The van der Waals surface area contributed by atoms with Crippen LogP contribution in [0, 0.1) is 0 Å². The highest BCUT2D eigenvalue weighted by Gasteiger charge is 2.07. The number of rotatable bonds is 8. The number of Topliss-reactive ketones (excluding diaryl/α,β-unsaturated/α-hetero) is 1. The summed E-state index contributed by atoms with van der Waals surface area (Å²) in [5.41, 5.74) is 0. The van der Waals surface area contributed by atoms with E-state index in [1.165, 1.54) is 0 Å². The molecule has 0 rings (SSSR count). The molecule has 0 unspecified atom stereocenters. The first-order valence-electron chi connectivity index (χ1n) is 5.09. The predicted molar refractivity (Wildman–Crippen MR) is 53.7 cm³/mol. The smallest absolute Gasteiger partial charge is 0.146 e. The van der Waals surface area contributed by atoms with Crippen molar-refractivity contribution in [2.75, 3.05) is 26.2 Å². The molecule has 0 aliphatic carbocycles. The van der Waals surface area contributed by atoms with E-state index in [1.807, 2.05) is 11.8 Å². The minimum absolute atomic E-state index is 0.140. The fourth-order valence-electron chi connectivity index (χ4n) is 1.15. The lowest BCUT2D eigenvalue weighted by molar-refractivity contribution is -0.120. The van der Waals surface area contributed by atoms with E-state index in [4.69, 9.17) is 5.11 Å². The molecular formula is C10H21NO2. The van der Waals surface area contributed by atoms with E-state index in [9.17, 15) is 4.79 Å². The van der Waals surface area contributed by atoms with E-state index in [2.05, 4.69) is 6.92 Å². The quantitative estimate of drug-likeness (QED) is 0.617. The Labute approximate surface area is 80.7 Å². The second-order valence-corrected chi connectivity index (χ2v) is 3.25. The summed E-state index contributed by atoms with van der Waals surface area (Å²) in [5, 5.41) is 8.77. The topological polar surface area (TPSA) is 40.5 Å². The summed E-state index contributed by atoms with van der Waals surface area (Å²) in [6, 6.07) is 0. The second-order valence-electron chi connectivity index (χ2n) is 3.25. The molecule has 13 heavy (non-hydrogen) atoms. The molecule has 0 fully saturated rings. The van der Waals surface area contributed by atoms with Crippen molar-refractivity contribution in [3.8, 4) is 0 Å². The van der Waals surface area contributed by atoms with Gasteiger partial charge in [0.05, 0.1) is 13.2 Å². The molecule has 0 heterocycles. The summed E-state index contributed by atoms with van der Waals surface area (Å²) in [6.45, 7) is 6.17. The lowest BCUT2D eigenvalue weighted by Gasteiger charge is -2.19. The van der Waals surface area contributed by atoms with Gasteiger partial charge in [0.25, 0.3) is 0 Å². The predicted octanol–water partition coefficient (Wildman–Crippen LogP) is 1.06. The first-order chi connectivity index (χ1) is 6.24. The molecule has 0 amide bonds. The Morgan fingerprint density at radius 3 is 2.46 bits per heavy atom. The van der Waals surface area contributed by atoms with Gasteiger partial charge in [0.1, 0.15) is 5.78 Å². The monoisotopic (exact) mass is 187 g/mol. The van der Waals surface area contributed by atoms with Crippen LogP contribution in [0.15, 0.2) is 0 Å². The molecule has 78 valence electrons. The summed E-state index contributed by atoms with van der Waals surface area (Å²) in [5.74, 6) is 0.254. The summed E-state index contributed by atoms with van der Waals surface area (Å²) >= 11 is 0. The Kier molecular flexibility index (Phi) is 7.94. The van der Waals surface area contributed by atoms with E-state index < -0.39 is 0 Å². The lowest BCUT2D eigenvalue weighted by Crippen LogP contribution is -2.33. The summed E-state index contributed by atoms with van der Waals surface area (Å²) < 4.78 is 0. The molecule has 3 heteroatoms. The number of hydrogen-bond donors (Lipinski definition) is 1. The summed E-state index contributed by atoms with van der Waals surface area (Å²) in [6.07, 6.45) is 2.81. The van der Waals surface area contributed by atoms with E-state index in [1.54, 1.807) is 0 Å². The SMILES string of the molecule is CCCCN(CCO)CC(=O)CC. The minimum atomic E-state index is 0.140. The highest BCUT2D eigenvalue weighted by molar-refractivity contribution is 5.80. The molecule has 0 aliphatic rings. The van der Waals surface area contributed by atoms with Gasteiger partial charge in [-0.3, -0.25) is 9.69 Å². The van der Waals surface area contributed by atoms with Gasteiger partial charge in [0.2, 0.25) is 0 Å². The molecule has 0 bridgehead atoms. The van der Waals surface area contributed by atoms with Gasteiger partial charge in [0.15, 0.2) is 0 Å². The van der Waals surface area contributed by atoms with Crippen molar-refractivity contribution in [1.82, 2.24) is 4.90 Å². The van der Waals surface area contributed by atoms with Crippen LogP contribution in [-0.4, -0.2) is 42.0 Å². The van der Waals surface area contributed by atoms with Crippen LogP contribution < -0.4 is 0 Å². The number of carbonyl (C=O) groups is 1. The highest BCUT2D eigenvalue weighted by atomic mass is 16.3. The van der Waals surface area contributed by atoms with Crippen LogP contribution in [0.2, 0.25) is 0 Å². The fraction of sp³-hybridized carbons (Fsp3) is 0.900. The van der Waals surface area contributed by atoms with Gasteiger partial charge in [-0.1, -0.05) is 20.3 Å². The van der Waals surface area contributed by atoms with Gasteiger partial charge in [-0.05, 0) is 13.0 Å². The maximum absolute atomic E-state index is 11.1. The van der Waals surface area contributed by atoms with Gasteiger partial charge in [-0.2, -0.15) is 0 Å². The maximum atomic E-state index is 11.1. The van der Waals surface area contributed by atoms with Crippen molar-refractivity contribution in [2.24, 2.45) is 0 Å². The molecule has 0 spiro atoms. The number of aliphatic hydroxyl groups excluding tert-OH is 1. The number of unbranched alkanes of at least 4 members (excludes halogenated alkanes) is 1. The van der Waals surface area contributed by atoms with E-state index in [0.717, 1.165) is 19.4 Å². The van der Waals surface area contributed by atoms with Crippen LogP contribution in [-0.2, 0) is 4.79 Å². The molecule has 1 N–H and O–H groups in total. The van der Waals surface area contributed by atoms with Crippen LogP contribution >= 0.6 is 0 Å². The number of ketones is 1. The Hall–Kier alpha value is -0.410. The van der Waals surface area contributed by atoms with Gasteiger partial charge in [-0.15, -0.1) is 0 Å². The molecule has 0 saturated carbocycles. The highest BCUT2D eigenvalue weighted by Crippen LogP contribution is 1.96. The second kappa shape index (κ2) is 8.20. The van der Waals surface area contributed by atoms with Gasteiger partial charge < -0.3 is 5.11 Å². The maximum Gasteiger partial charge on any atom is 0.146 e. The molecular weight excluding hydrogens is 166 g/mol. The van der Waals surface area contributed by atoms with E-state index in [-0.39, 0.29) is 12.4 Å². The third-order valence-electron chi connectivity index (χ3n) is 2.04. The zero-order valence-corrected chi connectivity index (χ0v) is 8.75. The minimum Gasteiger partial charge on any atom is -0.395 e. The van der Waals surface area contributed by atoms with Crippen molar-refractivity contribution in [1.29, 1.82) is 0 Å². The molecule has 0 aliphatic heterocycles. The van der Waals surface area contributed by atoms with Crippen molar-refractivity contribution in [2.45, 2.75) is 33.1 Å². The van der Waals surface area contributed by atoms with Crippen molar-refractivity contribution < 1.29 is 9.90 Å². The average Bonchev–Trinajstić information content (AvgIpc) is 2.14. The third kappa shape index (κ3) is 6.72. The van der Waals surface area contributed by atoms with Crippen LogP contribution in [0.4, 0.5) is 0 Å². The first-order valence-corrected chi connectivity index (χ1v) is 5.09. The zero-order chi connectivity index (χ0) is 10.1. The molecule has 0 radical (unpaired) electrons. The number of nitrogens with zero attached hydrogens (tertiary/aromatic N) is 1. The van der Waals surface area contributed by atoms with Gasteiger partial charge in [-0.25, -0.2) is 0 Å². The van der Waals surface area contributed by atoms with Crippen molar-refractivity contribution >= 4 is 5.78 Å². The molecule has 0 aromatic heterocycles. The van der Waals surface area contributed by atoms with Gasteiger partial charge in [0, 0.05) is 13.0 Å². The van der Waals surface area contributed by atoms with Gasteiger partial charge >= 0.3 is 0 Å². The molecule has 0 aromatic rings.